The molecule has 8 heteroatoms. The van der Waals surface area contributed by atoms with Crippen molar-refractivity contribution in [2.24, 2.45) is 46.3 Å². The van der Waals surface area contributed by atoms with E-state index in [9.17, 15) is 20.4 Å². The third-order valence-corrected chi connectivity index (χ3v) is 14.3. The molecule has 7 nitrogen and oxygen atoms in total. The lowest BCUT2D eigenvalue weighted by molar-refractivity contribution is -0.205. The molecule has 13 atom stereocenters. The highest BCUT2D eigenvalue weighted by Crippen LogP contribution is 2.67. The fourth-order valence-corrected chi connectivity index (χ4v) is 11.6. The van der Waals surface area contributed by atoms with Gasteiger partial charge in [0.05, 0.1) is 32.5 Å². The first-order chi connectivity index (χ1) is 21.5. The summed E-state index contributed by atoms with van der Waals surface area (Å²) in [6, 6.07) is 0. The van der Waals surface area contributed by atoms with Gasteiger partial charge in [0.15, 0.2) is 0 Å². The summed E-state index contributed by atoms with van der Waals surface area (Å²) in [4.78, 5) is 0. The lowest BCUT2D eigenvalue weighted by atomic mass is 9.47. The molecule has 5 rings (SSSR count). The van der Waals surface area contributed by atoms with Crippen LogP contribution in [0.4, 0.5) is 0 Å². The van der Waals surface area contributed by atoms with Crippen molar-refractivity contribution >= 4 is 11.8 Å². The molecule has 4 aliphatic carbocycles. The monoisotopic (exact) mass is 652 g/mol. The van der Waals surface area contributed by atoms with Crippen molar-refractivity contribution in [2.75, 3.05) is 32.2 Å². The molecule has 0 spiro atoms. The SMILES string of the molecule is CC(C)CCC[C@@H](C)[C@H]1CC[C@H]2[C@@H]3CC=C4C[C@H](OCCOCCS[C@@H]5O[C@H](CO)[C@H](O)[C@H](O)[C@H]5O)CC[C@]4(C)[C@H]3CC[C@]12C. The molecule has 0 aromatic rings. The van der Waals surface area contributed by atoms with E-state index in [-0.39, 0.29) is 6.10 Å². The van der Waals surface area contributed by atoms with Gasteiger partial charge in [-0.1, -0.05) is 65.5 Å². The molecule has 0 amide bonds. The number of allylic oxidation sites excluding steroid dienone is 1. The second-order valence-corrected chi connectivity index (χ2v) is 17.4. The number of aliphatic hydroxyl groups excluding tert-OH is 4. The van der Waals surface area contributed by atoms with Crippen molar-refractivity contribution in [3.8, 4) is 0 Å². The number of hydrogen-bond acceptors (Lipinski definition) is 8. The average molecular weight is 653 g/mol. The maximum Gasteiger partial charge on any atom is 0.132 e. The highest BCUT2D eigenvalue weighted by molar-refractivity contribution is 7.99. The Hall–Kier alpha value is -0.190. The van der Waals surface area contributed by atoms with Gasteiger partial charge in [-0.3, -0.25) is 0 Å². The first-order valence-corrected chi connectivity index (χ1v) is 19.4. The molecule has 0 bridgehead atoms. The topological polar surface area (TPSA) is 109 Å². The van der Waals surface area contributed by atoms with Crippen LogP contribution in [0.3, 0.4) is 0 Å². The number of fused-ring (bicyclic) bond motifs is 5. The number of rotatable bonds is 14. The summed E-state index contributed by atoms with van der Waals surface area (Å²) in [6.45, 7) is 13.7. The van der Waals surface area contributed by atoms with E-state index < -0.39 is 36.5 Å². The zero-order valence-corrected chi connectivity index (χ0v) is 29.6. The Morgan fingerprint density at radius 3 is 2.49 bits per heavy atom. The Labute approximate surface area is 277 Å². The molecule has 4 N–H and O–H groups in total. The highest BCUT2D eigenvalue weighted by atomic mass is 32.2. The second-order valence-electron chi connectivity index (χ2n) is 16.2. The number of aliphatic hydroxyl groups is 4. The Bertz CT molecular complexity index is 974. The van der Waals surface area contributed by atoms with Crippen molar-refractivity contribution in [1.29, 1.82) is 0 Å². The zero-order chi connectivity index (χ0) is 32.4. The fraction of sp³-hybridized carbons (Fsp3) is 0.946. The summed E-state index contributed by atoms with van der Waals surface area (Å²) in [5.74, 6) is 5.74. The largest absolute Gasteiger partial charge is 0.394 e. The summed E-state index contributed by atoms with van der Waals surface area (Å²) in [5.41, 5.74) is 1.82. The van der Waals surface area contributed by atoms with Crippen LogP contribution in [0.25, 0.3) is 0 Å². The summed E-state index contributed by atoms with van der Waals surface area (Å²) in [6.07, 6.45) is 12.8. The molecule has 1 saturated heterocycles. The van der Waals surface area contributed by atoms with Gasteiger partial charge in [-0.25, -0.2) is 0 Å². The van der Waals surface area contributed by atoms with Gasteiger partial charge in [-0.05, 0) is 97.7 Å². The quantitative estimate of drug-likeness (QED) is 0.135. The Kier molecular flexibility index (Phi) is 12.5. The van der Waals surface area contributed by atoms with E-state index in [1.807, 2.05) is 0 Å². The van der Waals surface area contributed by atoms with E-state index in [4.69, 9.17) is 14.2 Å². The molecule has 0 unspecified atom stereocenters. The smallest absolute Gasteiger partial charge is 0.132 e. The van der Waals surface area contributed by atoms with Crippen LogP contribution in [-0.4, -0.2) is 88.6 Å². The lowest BCUT2D eigenvalue weighted by Crippen LogP contribution is -2.57. The average Bonchev–Trinajstić information content (AvgIpc) is 3.37. The van der Waals surface area contributed by atoms with Gasteiger partial charge in [0.1, 0.15) is 29.9 Å². The molecule has 0 aromatic heterocycles. The normalized spacial score (nSPS) is 43.8. The zero-order valence-electron chi connectivity index (χ0n) is 28.7. The summed E-state index contributed by atoms with van der Waals surface area (Å²) < 4.78 is 17.7. The van der Waals surface area contributed by atoms with Crippen LogP contribution in [-0.2, 0) is 14.2 Å². The van der Waals surface area contributed by atoms with Gasteiger partial charge in [0.2, 0.25) is 0 Å². The Balaban J connectivity index is 1.04. The van der Waals surface area contributed by atoms with Crippen molar-refractivity contribution < 1.29 is 34.6 Å². The molecule has 4 fully saturated rings. The predicted octanol–water partition coefficient (Wildman–Crippen LogP) is 5.96. The van der Waals surface area contributed by atoms with Crippen LogP contribution in [0.1, 0.15) is 105 Å². The van der Waals surface area contributed by atoms with Gasteiger partial charge in [-0.15, -0.1) is 11.8 Å². The van der Waals surface area contributed by atoms with Gasteiger partial charge in [-0.2, -0.15) is 0 Å². The third kappa shape index (κ3) is 7.69. The minimum Gasteiger partial charge on any atom is -0.394 e. The maximum atomic E-state index is 10.2. The highest BCUT2D eigenvalue weighted by Gasteiger charge is 2.59. The molecule has 3 saturated carbocycles. The minimum atomic E-state index is -1.34. The van der Waals surface area contributed by atoms with E-state index in [1.165, 1.54) is 69.5 Å². The Morgan fingerprint density at radius 2 is 1.73 bits per heavy atom. The fourth-order valence-electron chi connectivity index (χ4n) is 10.6. The van der Waals surface area contributed by atoms with Gasteiger partial charge >= 0.3 is 0 Å². The minimum absolute atomic E-state index is 0.268. The number of ether oxygens (including phenoxy) is 3. The van der Waals surface area contributed by atoms with E-state index >= 15 is 0 Å². The van der Waals surface area contributed by atoms with Crippen molar-refractivity contribution in [3.63, 3.8) is 0 Å². The molecule has 1 aliphatic heterocycles. The molecule has 45 heavy (non-hydrogen) atoms. The molecule has 0 aromatic carbocycles. The molecule has 0 radical (unpaired) electrons. The summed E-state index contributed by atoms with van der Waals surface area (Å²) in [7, 11) is 0. The van der Waals surface area contributed by atoms with Crippen molar-refractivity contribution in [3.05, 3.63) is 11.6 Å². The van der Waals surface area contributed by atoms with E-state index in [0.29, 0.717) is 36.4 Å². The van der Waals surface area contributed by atoms with E-state index in [2.05, 4.69) is 40.7 Å². The molecular formula is C37H64O7S. The van der Waals surface area contributed by atoms with Crippen LogP contribution < -0.4 is 0 Å². The molecular weight excluding hydrogens is 588 g/mol. The van der Waals surface area contributed by atoms with Gasteiger partial charge < -0.3 is 34.6 Å². The van der Waals surface area contributed by atoms with Crippen molar-refractivity contribution in [1.82, 2.24) is 0 Å². The van der Waals surface area contributed by atoms with E-state index in [0.717, 1.165) is 48.3 Å². The number of hydrogen-bond donors (Lipinski definition) is 4. The Morgan fingerprint density at radius 1 is 0.933 bits per heavy atom. The van der Waals surface area contributed by atoms with Gasteiger partial charge in [0, 0.05) is 5.75 Å². The first kappa shape index (κ1) is 36.1. The lowest BCUT2D eigenvalue weighted by Gasteiger charge is -2.58. The van der Waals surface area contributed by atoms with E-state index in [1.54, 1.807) is 5.57 Å². The van der Waals surface area contributed by atoms with Crippen LogP contribution in [0, 0.1) is 46.3 Å². The van der Waals surface area contributed by atoms with Crippen LogP contribution in [0.5, 0.6) is 0 Å². The van der Waals surface area contributed by atoms with Gasteiger partial charge in [0.25, 0.3) is 0 Å². The summed E-state index contributed by atoms with van der Waals surface area (Å²) in [5, 5.41) is 39.4. The predicted molar refractivity (Wildman–Crippen MR) is 180 cm³/mol. The third-order valence-electron chi connectivity index (χ3n) is 13.2. The number of thioether (sulfide) groups is 1. The van der Waals surface area contributed by atoms with Crippen LogP contribution in [0.15, 0.2) is 11.6 Å². The maximum absolute atomic E-state index is 10.2. The standard InChI is InChI=1S/C37H64O7S/c1-23(2)7-6-8-24(3)28-11-12-29-27-10-9-25-21-26(13-15-36(25,4)30(27)14-16-37(28,29)5)43-18-17-42-19-20-45-35-34(41)33(40)32(39)31(22-38)44-35/h9,23-24,26-35,38-41H,6-8,10-22H2,1-5H3/t24-,26-,27+,28-,29+,30+,31-,32+,33+,34-,35+,36+,37-/m1/s1. The second kappa shape index (κ2) is 15.6. The molecule has 5 aliphatic rings. The summed E-state index contributed by atoms with van der Waals surface area (Å²) >= 11 is 1.32. The molecule has 260 valence electrons. The first-order valence-electron chi connectivity index (χ1n) is 18.3. The van der Waals surface area contributed by atoms with Crippen molar-refractivity contribution in [2.45, 2.75) is 141 Å². The van der Waals surface area contributed by atoms with Crippen LogP contribution >= 0.6 is 11.8 Å². The van der Waals surface area contributed by atoms with Crippen LogP contribution in [0.2, 0.25) is 0 Å². The molecule has 1 heterocycles.